The Bertz CT molecular complexity index is 713. The highest BCUT2D eigenvalue weighted by Crippen LogP contribution is 2.28. The van der Waals surface area contributed by atoms with Gasteiger partial charge in [0.15, 0.2) is 0 Å². The van der Waals surface area contributed by atoms with Gasteiger partial charge in [-0.2, -0.15) is 0 Å². The quantitative estimate of drug-likeness (QED) is 0.891. The molecule has 0 aliphatic carbocycles. The summed E-state index contributed by atoms with van der Waals surface area (Å²) in [6.07, 6.45) is 0. The molecule has 1 heterocycles. The van der Waals surface area contributed by atoms with Crippen LogP contribution < -0.4 is 15.0 Å². The Morgan fingerprint density at radius 3 is 2.44 bits per heavy atom. The van der Waals surface area contributed by atoms with Crippen molar-refractivity contribution >= 4 is 28.9 Å². The average molecular weight is 360 g/mol. The molecule has 1 saturated heterocycles. The van der Waals surface area contributed by atoms with Crippen molar-refractivity contribution in [3.8, 4) is 5.75 Å². The Morgan fingerprint density at radius 2 is 1.76 bits per heavy atom. The lowest BCUT2D eigenvalue weighted by atomic mass is 10.2. The van der Waals surface area contributed by atoms with Crippen LogP contribution in [0, 0.1) is 0 Å². The fourth-order valence-corrected chi connectivity index (χ4v) is 3.10. The van der Waals surface area contributed by atoms with Crippen molar-refractivity contribution in [2.45, 2.75) is 0 Å². The Balaban J connectivity index is 1.50. The molecular weight excluding hydrogens is 338 g/mol. The van der Waals surface area contributed by atoms with Crippen LogP contribution in [0.2, 0.25) is 5.02 Å². The highest BCUT2D eigenvalue weighted by molar-refractivity contribution is 6.30. The molecule has 0 unspecified atom stereocenters. The number of nitrogens with one attached hydrogen (secondary N) is 1. The normalized spacial score (nSPS) is 15.0. The van der Waals surface area contributed by atoms with Gasteiger partial charge in [-0.3, -0.25) is 9.69 Å². The number of hydrogen-bond acceptors (Lipinski definition) is 4. The number of anilines is 2. The third-order valence-electron chi connectivity index (χ3n) is 4.29. The maximum atomic E-state index is 12.2. The Labute approximate surface area is 153 Å². The van der Waals surface area contributed by atoms with Gasteiger partial charge < -0.3 is 15.0 Å². The van der Waals surface area contributed by atoms with Gasteiger partial charge in [0.05, 0.1) is 19.3 Å². The number of rotatable bonds is 5. The predicted octanol–water partition coefficient (Wildman–Crippen LogP) is 3.11. The lowest BCUT2D eigenvalue weighted by Crippen LogP contribution is -2.48. The third-order valence-corrected chi connectivity index (χ3v) is 4.55. The van der Waals surface area contributed by atoms with Crippen molar-refractivity contribution in [2.24, 2.45) is 0 Å². The van der Waals surface area contributed by atoms with Crippen molar-refractivity contribution in [3.05, 3.63) is 53.6 Å². The molecular formula is C19H22ClN3O2. The first-order chi connectivity index (χ1) is 12.2. The van der Waals surface area contributed by atoms with E-state index in [2.05, 4.69) is 21.2 Å². The summed E-state index contributed by atoms with van der Waals surface area (Å²) in [4.78, 5) is 16.7. The van der Waals surface area contributed by atoms with Gasteiger partial charge in [-0.25, -0.2) is 0 Å². The van der Waals surface area contributed by atoms with Crippen LogP contribution in [0.1, 0.15) is 0 Å². The molecule has 0 atom stereocenters. The number of methoxy groups -OCH3 is 1. The molecule has 25 heavy (non-hydrogen) atoms. The number of para-hydroxylation sites is 2. The maximum Gasteiger partial charge on any atom is 0.238 e. The van der Waals surface area contributed by atoms with Crippen LogP contribution in [0.25, 0.3) is 0 Å². The van der Waals surface area contributed by atoms with E-state index in [0.29, 0.717) is 11.6 Å². The van der Waals surface area contributed by atoms with Crippen LogP contribution in [0.5, 0.6) is 5.75 Å². The minimum absolute atomic E-state index is 0.00642. The number of nitrogens with zero attached hydrogens (tertiary/aromatic N) is 2. The molecule has 0 bridgehead atoms. The zero-order valence-electron chi connectivity index (χ0n) is 14.2. The van der Waals surface area contributed by atoms with E-state index in [1.165, 1.54) is 0 Å². The molecule has 0 saturated carbocycles. The van der Waals surface area contributed by atoms with Gasteiger partial charge in [0, 0.05) is 36.9 Å². The minimum Gasteiger partial charge on any atom is -0.495 e. The van der Waals surface area contributed by atoms with Crippen LogP contribution in [-0.4, -0.2) is 50.6 Å². The van der Waals surface area contributed by atoms with Gasteiger partial charge in [0.25, 0.3) is 0 Å². The second-order valence-corrected chi connectivity index (χ2v) is 6.43. The van der Waals surface area contributed by atoms with E-state index < -0.39 is 0 Å². The predicted molar refractivity (Wildman–Crippen MR) is 102 cm³/mol. The number of piperazine rings is 1. The summed E-state index contributed by atoms with van der Waals surface area (Å²) >= 11 is 5.86. The summed E-state index contributed by atoms with van der Waals surface area (Å²) in [5, 5.41) is 3.56. The highest BCUT2D eigenvalue weighted by atomic mass is 35.5. The van der Waals surface area contributed by atoms with E-state index >= 15 is 0 Å². The fourth-order valence-electron chi connectivity index (χ4n) is 2.97. The lowest BCUT2D eigenvalue weighted by Gasteiger charge is -2.36. The third kappa shape index (κ3) is 4.65. The number of ether oxygens (including phenoxy) is 1. The first kappa shape index (κ1) is 17.6. The smallest absolute Gasteiger partial charge is 0.238 e. The van der Waals surface area contributed by atoms with Crippen LogP contribution in [-0.2, 0) is 4.79 Å². The molecule has 1 amide bonds. The van der Waals surface area contributed by atoms with Gasteiger partial charge in [0.2, 0.25) is 5.91 Å². The summed E-state index contributed by atoms with van der Waals surface area (Å²) in [6.45, 7) is 3.81. The van der Waals surface area contributed by atoms with Crippen LogP contribution >= 0.6 is 11.6 Å². The number of halogens is 1. The minimum atomic E-state index is -0.00642. The molecule has 2 aromatic carbocycles. The van der Waals surface area contributed by atoms with Crippen molar-refractivity contribution < 1.29 is 9.53 Å². The second kappa shape index (κ2) is 8.23. The molecule has 0 spiro atoms. The van der Waals surface area contributed by atoms with Gasteiger partial charge >= 0.3 is 0 Å². The molecule has 1 fully saturated rings. The van der Waals surface area contributed by atoms with Gasteiger partial charge in [-0.05, 0) is 36.4 Å². The van der Waals surface area contributed by atoms with Crippen molar-refractivity contribution in [1.29, 1.82) is 0 Å². The summed E-state index contributed by atoms with van der Waals surface area (Å²) in [6, 6.07) is 15.2. The molecule has 0 radical (unpaired) electrons. The van der Waals surface area contributed by atoms with E-state index in [1.54, 1.807) is 31.4 Å². The summed E-state index contributed by atoms with van der Waals surface area (Å²) < 4.78 is 5.44. The number of carbonyl (C=O) groups excluding carboxylic acids is 1. The number of amides is 1. The Kier molecular flexibility index (Phi) is 5.79. The first-order valence-electron chi connectivity index (χ1n) is 8.31. The maximum absolute atomic E-state index is 12.2. The van der Waals surface area contributed by atoms with Gasteiger partial charge in [-0.1, -0.05) is 23.7 Å². The summed E-state index contributed by atoms with van der Waals surface area (Å²) in [7, 11) is 1.69. The second-order valence-electron chi connectivity index (χ2n) is 5.99. The number of hydrogen-bond donors (Lipinski definition) is 1. The molecule has 5 nitrogen and oxygen atoms in total. The monoisotopic (exact) mass is 359 g/mol. The molecule has 6 heteroatoms. The van der Waals surface area contributed by atoms with Crippen LogP contribution in [0.4, 0.5) is 11.4 Å². The fraction of sp³-hybridized carbons (Fsp3) is 0.316. The topological polar surface area (TPSA) is 44.8 Å². The molecule has 2 aromatic rings. The average Bonchev–Trinajstić information content (AvgIpc) is 2.64. The van der Waals surface area contributed by atoms with E-state index in [4.69, 9.17) is 16.3 Å². The molecule has 0 aromatic heterocycles. The molecule has 1 aliphatic heterocycles. The van der Waals surface area contributed by atoms with Crippen molar-refractivity contribution in [3.63, 3.8) is 0 Å². The van der Waals surface area contributed by atoms with Crippen molar-refractivity contribution in [1.82, 2.24) is 4.90 Å². The zero-order valence-corrected chi connectivity index (χ0v) is 15.0. The van der Waals surface area contributed by atoms with Gasteiger partial charge in [0.1, 0.15) is 5.75 Å². The summed E-state index contributed by atoms with van der Waals surface area (Å²) in [5.74, 6) is 0.879. The largest absolute Gasteiger partial charge is 0.495 e. The first-order valence-corrected chi connectivity index (χ1v) is 8.69. The van der Waals surface area contributed by atoms with Crippen molar-refractivity contribution in [2.75, 3.05) is 50.1 Å². The van der Waals surface area contributed by atoms with Crippen LogP contribution in [0.3, 0.4) is 0 Å². The number of benzene rings is 2. The van der Waals surface area contributed by atoms with Gasteiger partial charge in [-0.15, -0.1) is 0 Å². The number of carbonyl (C=O) groups is 1. The lowest BCUT2D eigenvalue weighted by molar-refractivity contribution is -0.117. The highest BCUT2D eigenvalue weighted by Gasteiger charge is 2.21. The van der Waals surface area contributed by atoms with E-state index in [1.807, 2.05) is 18.2 Å². The SMILES string of the molecule is COc1ccccc1N1CCN(CC(=O)Nc2ccc(Cl)cc2)CC1. The van der Waals surface area contributed by atoms with E-state index in [9.17, 15) is 4.79 Å². The molecule has 1 aliphatic rings. The Hall–Kier alpha value is -2.24. The molecule has 1 N–H and O–H groups in total. The van der Waals surface area contributed by atoms with E-state index in [-0.39, 0.29) is 5.91 Å². The van der Waals surface area contributed by atoms with E-state index in [0.717, 1.165) is 43.3 Å². The zero-order chi connectivity index (χ0) is 17.6. The Morgan fingerprint density at radius 1 is 1.08 bits per heavy atom. The van der Waals surface area contributed by atoms with Crippen LogP contribution in [0.15, 0.2) is 48.5 Å². The molecule has 132 valence electrons. The summed E-state index contributed by atoms with van der Waals surface area (Å²) in [5.41, 5.74) is 1.87. The standard InChI is InChI=1S/C19H22ClN3O2/c1-25-18-5-3-2-4-17(18)23-12-10-22(11-13-23)14-19(24)21-16-8-6-15(20)7-9-16/h2-9H,10-14H2,1H3,(H,21,24). The molecule has 3 rings (SSSR count).